The van der Waals surface area contributed by atoms with Crippen LogP contribution < -0.4 is 10.1 Å². The van der Waals surface area contributed by atoms with E-state index in [2.05, 4.69) is 19.2 Å². The van der Waals surface area contributed by atoms with Crippen molar-refractivity contribution in [2.45, 2.75) is 39.7 Å². The van der Waals surface area contributed by atoms with Crippen molar-refractivity contribution in [3.8, 4) is 5.75 Å². The van der Waals surface area contributed by atoms with Crippen molar-refractivity contribution in [1.82, 2.24) is 5.32 Å². The van der Waals surface area contributed by atoms with Crippen molar-refractivity contribution in [3.63, 3.8) is 0 Å². The third kappa shape index (κ3) is 3.78. The van der Waals surface area contributed by atoms with Crippen molar-refractivity contribution in [2.75, 3.05) is 6.61 Å². The molecule has 0 unspecified atom stereocenters. The average Bonchev–Trinajstić information content (AvgIpc) is 3.27. The summed E-state index contributed by atoms with van der Waals surface area (Å²) in [6, 6.07) is 7.51. The van der Waals surface area contributed by atoms with Gasteiger partial charge in [0, 0.05) is 12.1 Å². The molecule has 0 atom stereocenters. The Labute approximate surface area is 130 Å². The molecule has 1 aliphatic rings. The van der Waals surface area contributed by atoms with E-state index in [1.54, 1.807) is 0 Å². The van der Waals surface area contributed by atoms with Crippen LogP contribution in [0.3, 0.4) is 0 Å². The van der Waals surface area contributed by atoms with Crippen LogP contribution in [-0.4, -0.2) is 23.6 Å². The van der Waals surface area contributed by atoms with Crippen LogP contribution in [0.25, 0.3) is 0 Å². The second-order valence-electron chi connectivity index (χ2n) is 6.21. The Balaban J connectivity index is 1.92. The second kappa shape index (κ2) is 6.81. The summed E-state index contributed by atoms with van der Waals surface area (Å²) in [6.45, 7) is 5.18. The number of aliphatic carboxylic acids is 1. The first kappa shape index (κ1) is 16.3. The van der Waals surface area contributed by atoms with E-state index in [0.717, 1.165) is 17.7 Å². The lowest BCUT2D eigenvalue weighted by molar-refractivity contribution is -0.149. The van der Waals surface area contributed by atoms with Crippen molar-refractivity contribution < 1.29 is 19.4 Å². The standard InChI is InChI=1S/C17H23NO4/c1-12(2)7-10-22-14-6-4-3-5-13(14)11-18-15(19)17(8-9-17)16(20)21/h3-6,12H,7-11H2,1-2H3,(H,18,19)(H,20,21). The van der Waals surface area contributed by atoms with Gasteiger partial charge < -0.3 is 15.2 Å². The van der Waals surface area contributed by atoms with Gasteiger partial charge >= 0.3 is 5.97 Å². The molecular weight excluding hydrogens is 282 g/mol. The minimum atomic E-state index is -1.20. The number of benzene rings is 1. The van der Waals surface area contributed by atoms with Gasteiger partial charge in [0.1, 0.15) is 11.2 Å². The zero-order chi connectivity index (χ0) is 16.2. The van der Waals surface area contributed by atoms with Gasteiger partial charge in [-0.2, -0.15) is 0 Å². The van der Waals surface area contributed by atoms with E-state index in [4.69, 9.17) is 9.84 Å². The summed E-state index contributed by atoms with van der Waals surface area (Å²) in [5.41, 5.74) is -0.339. The average molecular weight is 305 g/mol. The zero-order valence-electron chi connectivity index (χ0n) is 13.1. The largest absolute Gasteiger partial charge is 0.493 e. The molecule has 120 valence electrons. The highest BCUT2D eigenvalue weighted by Crippen LogP contribution is 2.46. The topological polar surface area (TPSA) is 75.6 Å². The zero-order valence-corrected chi connectivity index (χ0v) is 13.1. The number of ether oxygens (including phenoxy) is 1. The summed E-state index contributed by atoms with van der Waals surface area (Å²) in [5, 5.41) is 11.8. The Morgan fingerprint density at radius 1 is 1.32 bits per heavy atom. The number of carboxylic acids is 1. The van der Waals surface area contributed by atoms with Gasteiger partial charge in [0.05, 0.1) is 6.61 Å². The van der Waals surface area contributed by atoms with E-state index in [9.17, 15) is 9.59 Å². The number of carboxylic acid groups (broad SMARTS) is 1. The van der Waals surface area contributed by atoms with Gasteiger partial charge in [-0.05, 0) is 31.2 Å². The van der Waals surface area contributed by atoms with E-state index in [0.29, 0.717) is 25.4 Å². The molecule has 1 amide bonds. The second-order valence-corrected chi connectivity index (χ2v) is 6.21. The van der Waals surface area contributed by atoms with Crippen LogP contribution in [0.2, 0.25) is 0 Å². The molecule has 5 heteroatoms. The number of hydrogen-bond acceptors (Lipinski definition) is 3. The third-order valence-electron chi connectivity index (χ3n) is 3.96. The number of carbonyl (C=O) groups is 2. The van der Waals surface area contributed by atoms with Crippen molar-refractivity contribution in [3.05, 3.63) is 29.8 Å². The summed E-state index contributed by atoms with van der Waals surface area (Å²) >= 11 is 0. The highest BCUT2D eigenvalue weighted by molar-refractivity contribution is 6.04. The molecule has 0 radical (unpaired) electrons. The molecule has 22 heavy (non-hydrogen) atoms. The molecule has 1 aliphatic carbocycles. The predicted molar refractivity (Wildman–Crippen MR) is 82.5 cm³/mol. The molecular formula is C17H23NO4. The van der Waals surface area contributed by atoms with Crippen LogP contribution in [-0.2, 0) is 16.1 Å². The van der Waals surface area contributed by atoms with E-state index < -0.39 is 17.3 Å². The first-order valence-electron chi connectivity index (χ1n) is 7.68. The van der Waals surface area contributed by atoms with Crippen LogP contribution in [0.15, 0.2) is 24.3 Å². The number of para-hydroxylation sites is 1. The first-order chi connectivity index (χ1) is 10.5. The number of rotatable bonds is 8. The van der Waals surface area contributed by atoms with E-state index in [-0.39, 0.29) is 6.54 Å². The number of hydrogen-bond donors (Lipinski definition) is 2. The van der Waals surface area contributed by atoms with E-state index in [1.807, 2.05) is 24.3 Å². The summed E-state index contributed by atoms with van der Waals surface area (Å²) in [4.78, 5) is 23.1. The fourth-order valence-electron chi connectivity index (χ4n) is 2.20. The Hall–Kier alpha value is -2.04. The molecule has 2 rings (SSSR count). The van der Waals surface area contributed by atoms with E-state index >= 15 is 0 Å². The fraction of sp³-hybridized carbons (Fsp3) is 0.529. The molecule has 1 aromatic rings. The van der Waals surface area contributed by atoms with Crippen LogP contribution in [0, 0.1) is 11.3 Å². The van der Waals surface area contributed by atoms with E-state index in [1.165, 1.54) is 0 Å². The van der Waals surface area contributed by atoms with Crippen molar-refractivity contribution in [2.24, 2.45) is 11.3 Å². The molecule has 0 bridgehead atoms. The minimum absolute atomic E-state index is 0.283. The summed E-state index contributed by atoms with van der Waals surface area (Å²) in [7, 11) is 0. The number of carbonyl (C=O) groups excluding carboxylic acids is 1. The molecule has 0 spiro atoms. The maximum Gasteiger partial charge on any atom is 0.319 e. The van der Waals surface area contributed by atoms with Gasteiger partial charge in [0.15, 0.2) is 0 Å². The maximum atomic E-state index is 12.0. The maximum absolute atomic E-state index is 12.0. The van der Waals surface area contributed by atoms with Crippen molar-refractivity contribution >= 4 is 11.9 Å². The number of amides is 1. The van der Waals surface area contributed by atoms with Crippen LogP contribution >= 0.6 is 0 Å². The fourth-order valence-corrected chi connectivity index (χ4v) is 2.20. The molecule has 0 aliphatic heterocycles. The summed E-state index contributed by atoms with van der Waals surface area (Å²) < 4.78 is 5.76. The molecule has 1 fully saturated rings. The van der Waals surface area contributed by atoms with Gasteiger partial charge in [-0.1, -0.05) is 32.0 Å². The highest BCUT2D eigenvalue weighted by atomic mass is 16.5. The lowest BCUT2D eigenvalue weighted by atomic mass is 10.1. The van der Waals surface area contributed by atoms with Gasteiger partial charge in [-0.25, -0.2) is 0 Å². The summed E-state index contributed by atoms with van der Waals surface area (Å²) in [6.07, 6.45) is 1.80. The molecule has 0 saturated heterocycles. The molecule has 0 aromatic heterocycles. The first-order valence-corrected chi connectivity index (χ1v) is 7.68. The monoisotopic (exact) mass is 305 g/mol. The smallest absolute Gasteiger partial charge is 0.319 e. The Kier molecular flexibility index (Phi) is 5.06. The molecule has 1 aromatic carbocycles. The predicted octanol–water partition coefficient (Wildman–Crippen LogP) is 2.59. The van der Waals surface area contributed by atoms with Gasteiger partial charge in [-0.3, -0.25) is 9.59 Å². The van der Waals surface area contributed by atoms with Crippen LogP contribution in [0.4, 0.5) is 0 Å². The Morgan fingerprint density at radius 3 is 2.59 bits per heavy atom. The lowest BCUT2D eigenvalue weighted by Crippen LogP contribution is -2.36. The van der Waals surface area contributed by atoms with Crippen LogP contribution in [0.5, 0.6) is 5.75 Å². The van der Waals surface area contributed by atoms with Crippen LogP contribution in [0.1, 0.15) is 38.7 Å². The third-order valence-corrected chi connectivity index (χ3v) is 3.96. The molecule has 2 N–H and O–H groups in total. The van der Waals surface area contributed by atoms with Gasteiger partial charge in [-0.15, -0.1) is 0 Å². The Morgan fingerprint density at radius 2 is 2.00 bits per heavy atom. The normalized spacial score (nSPS) is 15.4. The lowest BCUT2D eigenvalue weighted by Gasteiger charge is -2.14. The SMILES string of the molecule is CC(C)CCOc1ccccc1CNC(=O)C1(C(=O)O)CC1. The molecule has 1 saturated carbocycles. The van der Waals surface area contributed by atoms with Gasteiger partial charge in [0.2, 0.25) is 5.91 Å². The van der Waals surface area contributed by atoms with Crippen molar-refractivity contribution in [1.29, 1.82) is 0 Å². The van der Waals surface area contributed by atoms with Gasteiger partial charge in [0.25, 0.3) is 0 Å². The summed E-state index contributed by atoms with van der Waals surface area (Å²) in [5.74, 6) is -0.135. The molecule has 0 heterocycles. The minimum Gasteiger partial charge on any atom is -0.493 e. The molecule has 5 nitrogen and oxygen atoms in total. The number of nitrogens with one attached hydrogen (secondary N) is 1. The highest BCUT2D eigenvalue weighted by Gasteiger charge is 2.56. The Bertz CT molecular complexity index is 549. The quantitative estimate of drug-likeness (QED) is 0.724.